The van der Waals surface area contributed by atoms with E-state index in [0.717, 1.165) is 6.61 Å². The van der Waals surface area contributed by atoms with E-state index in [9.17, 15) is 0 Å². The Morgan fingerprint density at radius 2 is 2.09 bits per heavy atom. The molecule has 0 aromatic carbocycles. The van der Waals surface area contributed by atoms with E-state index in [2.05, 4.69) is 32.7 Å². The van der Waals surface area contributed by atoms with Gasteiger partial charge in [0.2, 0.25) is 0 Å². The molecule has 0 radical (unpaired) electrons. The number of hydrogen-bond donors (Lipinski definition) is 0. The summed E-state index contributed by atoms with van der Waals surface area (Å²) in [6.45, 7) is 9.32. The first-order valence-corrected chi connectivity index (χ1v) is 4.35. The summed E-state index contributed by atoms with van der Waals surface area (Å²) in [5.41, 5.74) is 0. The predicted molar refractivity (Wildman–Crippen MR) is 49.0 cm³/mol. The Hall–Kier alpha value is -0.530. The van der Waals surface area contributed by atoms with Gasteiger partial charge in [0, 0.05) is 0 Å². The molecule has 1 aliphatic rings. The second kappa shape index (κ2) is 6.20. The average molecular weight is 157 g/mol. The average Bonchev–Trinajstić information content (AvgIpc) is 2.38. The number of nitrogens with zero attached hydrogens (tertiary/aromatic N) is 1. The number of ether oxygens (including phenoxy) is 1. The summed E-state index contributed by atoms with van der Waals surface area (Å²) in [6.07, 6.45) is 2.80. The second-order valence-corrected chi connectivity index (χ2v) is 3.11. The second-order valence-electron chi connectivity index (χ2n) is 3.11. The van der Waals surface area contributed by atoms with Crippen molar-refractivity contribution in [3.05, 3.63) is 0 Å². The molecule has 0 fully saturated rings. The van der Waals surface area contributed by atoms with Crippen molar-refractivity contribution in [1.29, 1.82) is 0 Å². The summed E-state index contributed by atoms with van der Waals surface area (Å²) in [4.78, 5) is 4.09. The lowest BCUT2D eigenvalue weighted by Gasteiger charge is -2.06. The zero-order valence-corrected chi connectivity index (χ0v) is 8.00. The molecule has 0 unspecified atom stereocenters. The van der Waals surface area contributed by atoms with Crippen molar-refractivity contribution in [2.45, 2.75) is 40.2 Å². The predicted octanol–water partition coefficient (Wildman–Crippen LogP) is 2.49. The highest BCUT2D eigenvalue weighted by Crippen LogP contribution is 2.09. The lowest BCUT2D eigenvalue weighted by molar-refractivity contribution is 0.299. The minimum atomic E-state index is 0.412. The molecule has 0 bridgehead atoms. The van der Waals surface area contributed by atoms with Crippen LogP contribution in [0, 0.1) is 5.92 Å². The van der Waals surface area contributed by atoms with Crippen molar-refractivity contribution in [2.75, 3.05) is 6.61 Å². The van der Waals surface area contributed by atoms with Crippen molar-refractivity contribution in [3.8, 4) is 0 Å². The number of rotatable bonds is 1. The Morgan fingerprint density at radius 3 is 2.27 bits per heavy atom. The minimum Gasteiger partial charge on any atom is -0.481 e. The van der Waals surface area contributed by atoms with Crippen LogP contribution in [0.15, 0.2) is 4.99 Å². The molecule has 0 aromatic rings. The van der Waals surface area contributed by atoms with E-state index >= 15 is 0 Å². The zero-order chi connectivity index (χ0) is 8.69. The standard InChI is InChI=1S/C6H11NO.C3H8/c1-5(2)6-3-8-4-7-6;1-3-2/h4-6H,3H2,1-2H3;3H2,1-2H3/t6-;/m1./s1. The maximum absolute atomic E-state index is 4.93. The van der Waals surface area contributed by atoms with Crippen LogP contribution in [-0.2, 0) is 4.74 Å². The first kappa shape index (κ1) is 10.5. The SMILES string of the molecule is CC(C)[C@H]1COC=N1.CCC. The van der Waals surface area contributed by atoms with E-state index in [1.54, 1.807) is 6.40 Å². The normalized spacial score (nSPS) is 21.0. The van der Waals surface area contributed by atoms with Crippen LogP contribution in [0.4, 0.5) is 0 Å². The van der Waals surface area contributed by atoms with Crippen LogP contribution in [0.5, 0.6) is 0 Å². The molecule has 2 heteroatoms. The molecule has 0 saturated heterocycles. The molecule has 0 saturated carbocycles. The third-order valence-corrected chi connectivity index (χ3v) is 1.36. The molecule has 0 spiro atoms. The van der Waals surface area contributed by atoms with Gasteiger partial charge in [0.05, 0.1) is 6.04 Å². The molecule has 0 aliphatic carbocycles. The van der Waals surface area contributed by atoms with Crippen LogP contribution in [0.1, 0.15) is 34.1 Å². The third kappa shape index (κ3) is 4.82. The number of aliphatic imine (C=N–C) groups is 1. The molecule has 1 atom stereocenters. The fourth-order valence-corrected chi connectivity index (χ4v) is 0.670. The van der Waals surface area contributed by atoms with Gasteiger partial charge in [-0.1, -0.05) is 34.1 Å². The Morgan fingerprint density at radius 1 is 1.55 bits per heavy atom. The van der Waals surface area contributed by atoms with E-state index in [1.165, 1.54) is 6.42 Å². The summed E-state index contributed by atoms with van der Waals surface area (Å²) < 4.78 is 4.93. The van der Waals surface area contributed by atoms with Crippen molar-refractivity contribution in [1.82, 2.24) is 0 Å². The van der Waals surface area contributed by atoms with Crippen molar-refractivity contribution in [3.63, 3.8) is 0 Å². The summed E-state index contributed by atoms with van der Waals surface area (Å²) in [5, 5.41) is 0. The van der Waals surface area contributed by atoms with Gasteiger partial charge in [-0.2, -0.15) is 0 Å². The van der Waals surface area contributed by atoms with Crippen LogP contribution in [-0.4, -0.2) is 19.0 Å². The van der Waals surface area contributed by atoms with Crippen molar-refractivity contribution < 1.29 is 4.74 Å². The molecule has 1 heterocycles. The van der Waals surface area contributed by atoms with Gasteiger partial charge in [0.25, 0.3) is 0 Å². The minimum absolute atomic E-state index is 0.412. The zero-order valence-electron chi connectivity index (χ0n) is 8.00. The molecule has 1 aliphatic heterocycles. The summed E-state index contributed by atoms with van der Waals surface area (Å²) in [6, 6.07) is 0.412. The fourth-order valence-electron chi connectivity index (χ4n) is 0.670. The van der Waals surface area contributed by atoms with E-state index < -0.39 is 0 Å². The van der Waals surface area contributed by atoms with Crippen LogP contribution in [0.3, 0.4) is 0 Å². The lowest BCUT2D eigenvalue weighted by atomic mass is 10.1. The van der Waals surface area contributed by atoms with Gasteiger partial charge >= 0.3 is 0 Å². The maximum atomic E-state index is 4.93. The Balaban J connectivity index is 0.000000292. The third-order valence-electron chi connectivity index (χ3n) is 1.36. The van der Waals surface area contributed by atoms with Gasteiger partial charge in [-0.05, 0) is 5.92 Å². The smallest absolute Gasteiger partial charge is 0.169 e. The Bertz CT molecular complexity index is 110. The topological polar surface area (TPSA) is 21.6 Å². The van der Waals surface area contributed by atoms with Gasteiger partial charge in [-0.3, -0.25) is 4.99 Å². The highest BCUT2D eigenvalue weighted by atomic mass is 16.5. The van der Waals surface area contributed by atoms with Crippen LogP contribution in [0.25, 0.3) is 0 Å². The molecule has 0 amide bonds. The van der Waals surface area contributed by atoms with Crippen LogP contribution in [0.2, 0.25) is 0 Å². The van der Waals surface area contributed by atoms with Gasteiger partial charge in [0.15, 0.2) is 6.40 Å². The molecule has 1 rings (SSSR count). The molecule has 66 valence electrons. The first-order chi connectivity index (χ1) is 5.22. The Kier molecular flexibility index (Phi) is 5.90. The Labute approximate surface area is 69.7 Å². The van der Waals surface area contributed by atoms with Gasteiger partial charge in [-0.15, -0.1) is 0 Å². The van der Waals surface area contributed by atoms with Gasteiger partial charge in [-0.25, -0.2) is 0 Å². The molecular weight excluding hydrogens is 138 g/mol. The number of hydrogen-bond acceptors (Lipinski definition) is 2. The highest BCUT2D eigenvalue weighted by molar-refractivity contribution is 5.48. The summed E-state index contributed by atoms with van der Waals surface area (Å²) in [5.74, 6) is 0.619. The van der Waals surface area contributed by atoms with E-state index in [-0.39, 0.29) is 0 Å². The quantitative estimate of drug-likeness (QED) is 0.573. The summed E-state index contributed by atoms with van der Waals surface area (Å²) in [7, 11) is 0. The maximum Gasteiger partial charge on any atom is 0.169 e. The first-order valence-electron chi connectivity index (χ1n) is 4.35. The van der Waals surface area contributed by atoms with Crippen molar-refractivity contribution in [2.24, 2.45) is 10.9 Å². The van der Waals surface area contributed by atoms with Crippen molar-refractivity contribution >= 4 is 6.40 Å². The van der Waals surface area contributed by atoms with Crippen LogP contribution >= 0.6 is 0 Å². The lowest BCUT2D eigenvalue weighted by Crippen LogP contribution is -2.13. The molecule has 11 heavy (non-hydrogen) atoms. The summed E-state index contributed by atoms with van der Waals surface area (Å²) >= 11 is 0. The monoisotopic (exact) mass is 157 g/mol. The van der Waals surface area contributed by atoms with E-state index in [1.807, 2.05) is 0 Å². The molecule has 0 N–H and O–H groups in total. The largest absolute Gasteiger partial charge is 0.481 e. The molecule has 0 aromatic heterocycles. The molecule has 2 nitrogen and oxygen atoms in total. The van der Waals surface area contributed by atoms with E-state index in [4.69, 9.17) is 4.74 Å². The van der Waals surface area contributed by atoms with Gasteiger partial charge < -0.3 is 4.74 Å². The highest BCUT2D eigenvalue weighted by Gasteiger charge is 2.14. The van der Waals surface area contributed by atoms with E-state index in [0.29, 0.717) is 12.0 Å². The fraction of sp³-hybridized carbons (Fsp3) is 0.889. The van der Waals surface area contributed by atoms with Crippen LogP contribution < -0.4 is 0 Å². The van der Waals surface area contributed by atoms with Gasteiger partial charge in [0.1, 0.15) is 6.61 Å². The molecular formula is C9H19NO.